The molecular weight excluding hydrogens is 478 g/mol. The molecule has 0 N–H and O–H groups in total. The molecule has 1 aliphatic carbocycles. The summed E-state index contributed by atoms with van der Waals surface area (Å²) in [5.74, 6) is 1.01. The largest absolute Gasteiger partial charge is 0.464 e. The summed E-state index contributed by atoms with van der Waals surface area (Å²) in [6, 6.07) is 0. The van der Waals surface area contributed by atoms with Gasteiger partial charge in [0.1, 0.15) is 0 Å². The minimum absolute atomic E-state index is 0.0804. The molecule has 6 nitrogen and oxygen atoms in total. The van der Waals surface area contributed by atoms with Gasteiger partial charge in [0.25, 0.3) is 17.5 Å². The first-order chi connectivity index (χ1) is 16.4. The Kier molecular flexibility index (Phi) is 8.76. The van der Waals surface area contributed by atoms with E-state index in [1.165, 1.54) is 24.2 Å². The van der Waals surface area contributed by atoms with Crippen LogP contribution in [0.15, 0.2) is 4.99 Å². The van der Waals surface area contributed by atoms with Crippen LogP contribution in [0.2, 0.25) is 0 Å². The number of rotatable bonds is 9. The van der Waals surface area contributed by atoms with Crippen LogP contribution in [0.5, 0.6) is 5.19 Å². The van der Waals surface area contributed by atoms with E-state index in [0.717, 1.165) is 71.5 Å². The molecule has 2 aromatic rings. The number of hydrogen-bond acceptors (Lipinski definition) is 7. The van der Waals surface area contributed by atoms with E-state index in [1.807, 2.05) is 20.1 Å². The third-order valence-electron chi connectivity index (χ3n) is 6.61. The van der Waals surface area contributed by atoms with Crippen molar-refractivity contribution in [2.45, 2.75) is 71.8 Å². The minimum atomic E-state index is -2.48. The summed E-state index contributed by atoms with van der Waals surface area (Å²) < 4.78 is 29.8. The fraction of sp³-hybridized carbons (Fsp3) is 0.667. The average molecular weight is 511 g/mol. The number of carbonyl (C=O) groups is 1. The Bertz CT molecular complexity index is 999. The van der Waals surface area contributed by atoms with Gasteiger partial charge in [-0.1, -0.05) is 11.3 Å². The van der Waals surface area contributed by atoms with Crippen LogP contribution in [0.3, 0.4) is 0 Å². The molecule has 1 fully saturated rings. The number of alkyl halides is 2. The smallest absolute Gasteiger partial charge is 0.273 e. The van der Waals surface area contributed by atoms with E-state index < -0.39 is 13.0 Å². The Morgan fingerprint density at radius 3 is 2.74 bits per heavy atom. The van der Waals surface area contributed by atoms with Crippen LogP contribution in [0.1, 0.15) is 58.3 Å². The predicted octanol–water partition coefficient (Wildman–Crippen LogP) is 5.26. The van der Waals surface area contributed by atoms with Gasteiger partial charge in [-0.3, -0.25) is 9.69 Å². The van der Waals surface area contributed by atoms with Gasteiger partial charge in [-0.2, -0.15) is 0 Å². The van der Waals surface area contributed by atoms with Crippen molar-refractivity contribution in [1.29, 1.82) is 0 Å². The SMILES string of the molecule is Cc1nc(C)c(CC(=O)N=CC2CCC(CCN3CCc4sc(OCC(F)F)nc4C3)CC2)s1. The molecule has 1 amide bonds. The molecule has 34 heavy (non-hydrogen) atoms. The molecule has 4 rings (SSSR count). The van der Waals surface area contributed by atoms with Crippen LogP contribution in [0.25, 0.3) is 0 Å². The minimum Gasteiger partial charge on any atom is -0.464 e. The number of aryl methyl sites for hydroxylation is 2. The Morgan fingerprint density at radius 1 is 1.24 bits per heavy atom. The Labute approximate surface area is 207 Å². The van der Waals surface area contributed by atoms with Crippen molar-refractivity contribution < 1.29 is 18.3 Å². The number of aromatic nitrogens is 2. The number of fused-ring (bicyclic) bond motifs is 1. The number of halogens is 2. The molecule has 186 valence electrons. The van der Waals surface area contributed by atoms with Crippen molar-refractivity contribution in [3.8, 4) is 5.19 Å². The lowest BCUT2D eigenvalue weighted by Gasteiger charge is -2.30. The van der Waals surface area contributed by atoms with E-state index in [-0.39, 0.29) is 5.91 Å². The third-order valence-corrected chi connectivity index (χ3v) is 8.75. The average Bonchev–Trinajstić information content (AvgIpc) is 3.36. The van der Waals surface area contributed by atoms with Gasteiger partial charge in [0.2, 0.25) is 0 Å². The standard InChI is InChI=1S/C24H32F2N4O2S2/c1-15-21(33-16(2)28-15)11-23(31)27-12-18-5-3-17(4-6-18)7-9-30-10-8-20-19(13-30)29-24(34-20)32-14-22(25)26/h12,17-18,22H,3-11,13-14H2,1-2H3. The summed E-state index contributed by atoms with van der Waals surface area (Å²) in [4.78, 5) is 29.9. The molecule has 0 bridgehead atoms. The molecule has 0 spiro atoms. The summed E-state index contributed by atoms with van der Waals surface area (Å²) in [7, 11) is 0. The summed E-state index contributed by atoms with van der Waals surface area (Å²) in [6.45, 7) is 6.08. The number of thiazole rings is 2. The number of aliphatic imine (C=N–C) groups is 1. The van der Waals surface area contributed by atoms with Gasteiger partial charge >= 0.3 is 0 Å². The zero-order valence-electron chi connectivity index (χ0n) is 19.8. The van der Waals surface area contributed by atoms with Crippen LogP contribution in [0.4, 0.5) is 8.78 Å². The van der Waals surface area contributed by atoms with Gasteiger partial charge in [0.05, 0.1) is 22.8 Å². The number of amides is 1. The van der Waals surface area contributed by atoms with Gasteiger partial charge in [-0.15, -0.1) is 11.3 Å². The van der Waals surface area contributed by atoms with Gasteiger partial charge < -0.3 is 4.74 Å². The molecule has 0 atom stereocenters. The highest BCUT2D eigenvalue weighted by atomic mass is 32.1. The molecule has 0 radical (unpaired) electrons. The van der Waals surface area contributed by atoms with Crippen molar-refractivity contribution in [2.75, 3.05) is 19.7 Å². The topological polar surface area (TPSA) is 67.7 Å². The first-order valence-corrected chi connectivity index (χ1v) is 13.6. The van der Waals surface area contributed by atoms with Crippen molar-refractivity contribution in [2.24, 2.45) is 16.8 Å². The highest BCUT2D eigenvalue weighted by Crippen LogP contribution is 2.32. The van der Waals surface area contributed by atoms with Gasteiger partial charge in [-0.05, 0) is 70.8 Å². The first-order valence-electron chi connectivity index (χ1n) is 12.0. The molecule has 0 unspecified atom stereocenters. The maximum Gasteiger partial charge on any atom is 0.273 e. The van der Waals surface area contributed by atoms with Crippen LogP contribution in [-0.4, -0.2) is 53.1 Å². The third kappa shape index (κ3) is 7.11. The Balaban J connectivity index is 1.15. The highest BCUT2D eigenvalue weighted by Gasteiger charge is 2.24. The molecule has 1 saturated carbocycles. The van der Waals surface area contributed by atoms with Crippen molar-refractivity contribution in [1.82, 2.24) is 14.9 Å². The number of ether oxygens (including phenoxy) is 1. The van der Waals surface area contributed by atoms with E-state index in [9.17, 15) is 13.6 Å². The van der Waals surface area contributed by atoms with Crippen molar-refractivity contribution >= 4 is 34.8 Å². The zero-order chi connectivity index (χ0) is 24.1. The first kappa shape index (κ1) is 25.3. The second-order valence-electron chi connectivity index (χ2n) is 9.24. The Morgan fingerprint density at radius 2 is 2.03 bits per heavy atom. The van der Waals surface area contributed by atoms with E-state index in [1.54, 1.807) is 11.3 Å². The molecule has 2 aliphatic rings. The zero-order valence-corrected chi connectivity index (χ0v) is 21.4. The van der Waals surface area contributed by atoms with Gasteiger partial charge in [0, 0.05) is 29.1 Å². The normalized spacial score (nSPS) is 21.3. The molecule has 2 aromatic heterocycles. The summed E-state index contributed by atoms with van der Waals surface area (Å²) >= 11 is 2.98. The second-order valence-corrected chi connectivity index (χ2v) is 11.6. The number of nitrogens with zero attached hydrogens (tertiary/aromatic N) is 4. The van der Waals surface area contributed by atoms with Crippen molar-refractivity contribution in [3.63, 3.8) is 0 Å². The van der Waals surface area contributed by atoms with E-state index >= 15 is 0 Å². The fourth-order valence-corrected chi connectivity index (χ4v) is 6.56. The van der Waals surface area contributed by atoms with Crippen LogP contribution in [0, 0.1) is 25.7 Å². The molecule has 0 aromatic carbocycles. The highest BCUT2D eigenvalue weighted by molar-refractivity contribution is 7.13. The lowest BCUT2D eigenvalue weighted by molar-refractivity contribution is -0.117. The van der Waals surface area contributed by atoms with Crippen LogP contribution < -0.4 is 4.74 Å². The van der Waals surface area contributed by atoms with Crippen LogP contribution in [-0.2, 0) is 24.2 Å². The van der Waals surface area contributed by atoms with Gasteiger partial charge in [0.15, 0.2) is 6.61 Å². The molecule has 10 heteroatoms. The monoisotopic (exact) mass is 510 g/mol. The Hall–Kier alpha value is -1.78. The van der Waals surface area contributed by atoms with Gasteiger partial charge in [-0.25, -0.2) is 23.7 Å². The maximum atomic E-state index is 12.4. The van der Waals surface area contributed by atoms with Crippen LogP contribution >= 0.6 is 22.7 Å². The van der Waals surface area contributed by atoms with E-state index in [0.29, 0.717) is 23.5 Å². The van der Waals surface area contributed by atoms with E-state index in [2.05, 4.69) is 19.9 Å². The summed E-state index contributed by atoms with van der Waals surface area (Å²) in [6.07, 6.45) is 6.31. The quantitative estimate of drug-likeness (QED) is 0.431. The molecule has 1 aliphatic heterocycles. The lowest BCUT2D eigenvalue weighted by atomic mass is 9.81. The summed E-state index contributed by atoms with van der Waals surface area (Å²) in [5.41, 5.74) is 1.92. The maximum absolute atomic E-state index is 12.4. The molecule has 3 heterocycles. The second kappa shape index (κ2) is 11.8. The predicted molar refractivity (Wildman–Crippen MR) is 131 cm³/mol. The van der Waals surface area contributed by atoms with E-state index in [4.69, 9.17) is 4.74 Å². The van der Waals surface area contributed by atoms with Crippen molar-refractivity contribution in [3.05, 3.63) is 26.1 Å². The molecule has 0 saturated heterocycles. The number of hydrogen-bond donors (Lipinski definition) is 0. The number of carbonyl (C=O) groups excluding carboxylic acids is 1. The lowest BCUT2D eigenvalue weighted by Crippen LogP contribution is -2.32. The molecular formula is C24H32F2N4O2S2. The summed E-state index contributed by atoms with van der Waals surface area (Å²) in [5, 5.41) is 1.35. The fourth-order valence-electron chi connectivity index (χ4n) is 4.72.